The minimum absolute atomic E-state index is 0.836. The van der Waals surface area contributed by atoms with E-state index in [9.17, 15) is 0 Å². The monoisotopic (exact) mass is 219 g/mol. The summed E-state index contributed by atoms with van der Waals surface area (Å²) in [5, 5.41) is 0. The highest BCUT2D eigenvalue weighted by Crippen LogP contribution is 2.18. The van der Waals surface area contributed by atoms with Gasteiger partial charge in [0.25, 0.3) is 0 Å². The molecule has 88 valence electrons. The summed E-state index contributed by atoms with van der Waals surface area (Å²) in [6, 6.07) is 4.21. The van der Waals surface area contributed by atoms with Gasteiger partial charge in [-0.15, -0.1) is 0 Å². The van der Waals surface area contributed by atoms with E-state index in [2.05, 4.69) is 22.0 Å². The Labute approximate surface area is 97.7 Å². The lowest BCUT2D eigenvalue weighted by Crippen LogP contribution is -2.23. The van der Waals surface area contributed by atoms with Crippen LogP contribution in [0.15, 0.2) is 24.5 Å². The first-order chi connectivity index (χ1) is 7.88. The molecule has 0 saturated carbocycles. The summed E-state index contributed by atoms with van der Waals surface area (Å²) in [7, 11) is 0. The standard InChI is InChI=1S/C13H21N3/c14-6-1-13-5-10-16(11-13)9-4-12-2-7-15-8-3-12/h2-3,7-8,13H,1,4-6,9-11,14H2. The van der Waals surface area contributed by atoms with Crippen LogP contribution in [0, 0.1) is 5.92 Å². The van der Waals surface area contributed by atoms with Gasteiger partial charge in [0, 0.05) is 25.5 Å². The molecule has 1 fully saturated rings. The van der Waals surface area contributed by atoms with Gasteiger partial charge in [-0.3, -0.25) is 4.98 Å². The Balaban J connectivity index is 1.72. The molecule has 1 atom stereocenters. The molecule has 16 heavy (non-hydrogen) atoms. The third kappa shape index (κ3) is 3.29. The summed E-state index contributed by atoms with van der Waals surface area (Å²) < 4.78 is 0. The van der Waals surface area contributed by atoms with Crippen LogP contribution in [0.25, 0.3) is 0 Å². The summed E-state index contributed by atoms with van der Waals surface area (Å²) in [5.74, 6) is 0.836. The summed E-state index contributed by atoms with van der Waals surface area (Å²) in [4.78, 5) is 6.59. The fraction of sp³-hybridized carbons (Fsp3) is 0.615. The molecule has 3 nitrogen and oxygen atoms in total. The normalized spacial score (nSPS) is 21.4. The molecule has 1 aromatic heterocycles. The van der Waals surface area contributed by atoms with Gasteiger partial charge in [0.05, 0.1) is 0 Å². The van der Waals surface area contributed by atoms with E-state index < -0.39 is 0 Å². The van der Waals surface area contributed by atoms with E-state index in [-0.39, 0.29) is 0 Å². The first-order valence-corrected chi connectivity index (χ1v) is 6.20. The summed E-state index contributed by atoms with van der Waals surface area (Å²) in [5.41, 5.74) is 6.98. The highest BCUT2D eigenvalue weighted by atomic mass is 15.1. The highest BCUT2D eigenvalue weighted by Gasteiger charge is 2.20. The molecule has 0 amide bonds. The lowest BCUT2D eigenvalue weighted by Gasteiger charge is -2.15. The first kappa shape index (κ1) is 11.6. The van der Waals surface area contributed by atoms with Crippen molar-refractivity contribution in [2.75, 3.05) is 26.2 Å². The number of likely N-dealkylation sites (tertiary alicyclic amines) is 1. The first-order valence-electron chi connectivity index (χ1n) is 6.20. The van der Waals surface area contributed by atoms with Crippen LogP contribution in [0.3, 0.4) is 0 Å². The summed E-state index contributed by atoms with van der Waals surface area (Å²) in [6.45, 7) is 4.49. The highest BCUT2D eigenvalue weighted by molar-refractivity contribution is 5.09. The Hall–Kier alpha value is -0.930. The van der Waals surface area contributed by atoms with Crippen molar-refractivity contribution in [3.8, 4) is 0 Å². The average molecular weight is 219 g/mol. The van der Waals surface area contributed by atoms with Crippen LogP contribution in [0.2, 0.25) is 0 Å². The maximum Gasteiger partial charge on any atom is 0.0270 e. The van der Waals surface area contributed by atoms with Crippen LogP contribution < -0.4 is 5.73 Å². The van der Waals surface area contributed by atoms with E-state index in [0.717, 1.165) is 18.9 Å². The maximum atomic E-state index is 5.59. The van der Waals surface area contributed by atoms with Crippen LogP contribution >= 0.6 is 0 Å². The minimum atomic E-state index is 0.836. The van der Waals surface area contributed by atoms with Crippen molar-refractivity contribution in [2.24, 2.45) is 11.7 Å². The van der Waals surface area contributed by atoms with Crippen molar-refractivity contribution in [3.05, 3.63) is 30.1 Å². The molecule has 1 unspecified atom stereocenters. The van der Waals surface area contributed by atoms with Crippen molar-refractivity contribution in [3.63, 3.8) is 0 Å². The number of rotatable bonds is 5. The number of hydrogen-bond donors (Lipinski definition) is 1. The quantitative estimate of drug-likeness (QED) is 0.811. The van der Waals surface area contributed by atoms with E-state index in [4.69, 9.17) is 5.73 Å². The van der Waals surface area contributed by atoms with E-state index in [1.54, 1.807) is 0 Å². The molecule has 2 N–H and O–H groups in total. The second-order valence-corrected chi connectivity index (χ2v) is 4.64. The molecule has 0 bridgehead atoms. The van der Waals surface area contributed by atoms with Gasteiger partial charge in [0.15, 0.2) is 0 Å². The maximum absolute atomic E-state index is 5.59. The second-order valence-electron chi connectivity index (χ2n) is 4.64. The molecule has 0 spiro atoms. The Morgan fingerprint density at radius 2 is 2.19 bits per heavy atom. The number of nitrogens with two attached hydrogens (primary N) is 1. The number of hydrogen-bond acceptors (Lipinski definition) is 3. The van der Waals surface area contributed by atoms with E-state index in [1.165, 1.54) is 38.0 Å². The fourth-order valence-corrected chi connectivity index (χ4v) is 2.42. The van der Waals surface area contributed by atoms with Gasteiger partial charge in [0.1, 0.15) is 0 Å². The smallest absolute Gasteiger partial charge is 0.0270 e. The van der Waals surface area contributed by atoms with Gasteiger partial charge in [0.2, 0.25) is 0 Å². The molecule has 3 heteroatoms. The number of pyridine rings is 1. The third-order valence-corrected chi connectivity index (χ3v) is 3.41. The lowest BCUT2D eigenvalue weighted by molar-refractivity contribution is 0.325. The van der Waals surface area contributed by atoms with Gasteiger partial charge in [-0.2, -0.15) is 0 Å². The average Bonchev–Trinajstić information content (AvgIpc) is 2.76. The predicted octanol–water partition coefficient (Wildman–Crippen LogP) is 1.29. The van der Waals surface area contributed by atoms with Crippen LogP contribution in [0.1, 0.15) is 18.4 Å². The molecule has 0 radical (unpaired) electrons. The topological polar surface area (TPSA) is 42.1 Å². The molecule has 1 saturated heterocycles. The van der Waals surface area contributed by atoms with Crippen LogP contribution in [-0.4, -0.2) is 36.1 Å². The largest absolute Gasteiger partial charge is 0.330 e. The Bertz CT molecular complexity index is 299. The molecule has 1 aliphatic rings. The van der Waals surface area contributed by atoms with Crippen molar-refractivity contribution < 1.29 is 0 Å². The van der Waals surface area contributed by atoms with Crippen molar-refractivity contribution in [1.82, 2.24) is 9.88 Å². The van der Waals surface area contributed by atoms with Crippen molar-refractivity contribution in [1.29, 1.82) is 0 Å². The SMILES string of the molecule is NCCC1CCN(CCc2ccncc2)C1. The second kappa shape index (κ2) is 5.97. The van der Waals surface area contributed by atoms with Crippen LogP contribution in [-0.2, 0) is 6.42 Å². The van der Waals surface area contributed by atoms with E-state index >= 15 is 0 Å². The summed E-state index contributed by atoms with van der Waals surface area (Å²) in [6.07, 6.45) is 7.39. The molecule has 2 heterocycles. The molecule has 2 rings (SSSR count). The fourth-order valence-electron chi connectivity index (χ4n) is 2.42. The van der Waals surface area contributed by atoms with Gasteiger partial charge >= 0.3 is 0 Å². The zero-order chi connectivity index (χ0) is 11.2. The van der Waals surface area contributed by atoms with Crippen LogP contribution in [0.5, 0.6) is 0 Å². The molecular weight excluding hydrogens is 198 g/mol. The zero-order valence-corrected chi connectivity index (χ0v) is 9.81. The van der Waals surface area contributed by atoms with Gasteiger partial charge in [-0.05, 0) is 56.0 Å². The van der Waals surface area contributed by atoms with Crippen molar-refractivity contribution >= 4 is 0 Å². The zero-order valence-electron chi connectivity index (χ0n) is 9.81. The molecule has 1 aromatic rings. The van der Waals surface area contributed by atoms with Gasteiger partial charge in [-0.1, -0.05) is 0 Å². The van der Waals surface area contributed by atoms with Crippen molar-refractivity contribution in [2.45, 2.75) is 19.3 Å². The Morgan fingerprint density at radius 1 is 1.38 bits per heavy atom. The molecular formula is C13H21N3. The Kier molecular flexibility index (Phi) is 4.31. The van der Waals surface area contributed by atoms with E-state index in [1.807, 2.05) is 12.4 Å². The molecule has 1 aliphatic heterocycles. The van der Waals surface area contributed by atoms with Gasteiger partial charge < -0.3 is 10.6 Å². The Morgan fingerprint density at radius 3 is 2.94 bits per heavy atom. The molecule has 0 aliphatic carbocycles. The lowest BCUT2D eigenvalue weighted by atomic mass is 10.1. The minimum Gasteiger partial charge on any atom is -0.330 e. The molecule has 0 aromatic carbocycles. The number of nitrogens with zero attached hydrogens (tertiary/aromatic N) is 2. The summed E-state index contributed by atoms with van der Waals surface area (Å²) >= 11 is 0. The predicted molar refractivity (Wildman–Crippen MR) is 66.2 cm³/mol. The number of aromatic nitrogens is 1. The van der Waals surface area contributed by atoms with E-state index in [0.29, 0.717) is 0 Å². The third-order valence-electron chi connectivity index (χ3n) is 3.41. The van der Waals surface area contributed by atoms with Crippen LogP contribution in [0.4, 0.5) is 0 Å². The van der Waals surface area contributed by atoms with Gasteiger partial charge in [-0.25, -0.2) is 0 Å².